The highest BCUT2D eigenvalue weighted by Gasteiger charge is 2.28. The Hall–Kier alpha value is -0.960. The summed E-state index contributed by atoms with van der Waals surface area (Å²) in [6, 6.07) is 10.9. The third-order valence-corrected chi connectivity index (χ3v) is 5.79. The zero-order valence-corrected chi connectivity index (χ0v) is 20.6. The first kappa shape index (κ1) is 25.1. The summed E-state index contributed by atoms with van der Waals surface area (Å²) in [5.74, 6) is 1.11. The highest BCUT2D eigenvalue weighted by atomic mass is 127. The lowest BCUT2D eigenvalue weighted by Crippen LogP contribution is -2.48. The number of halogens is 1. The number of thioether (sulfide) groups is 1. The Balaban J connectivity index is 0.00000392. The largest absolute Gasteiger partial charge is 0.355 e. The molecule has 2 rings (SSSR count). The Kier molecular flexibility index (Phi) is 11.9. The van der Waals surface area contributed by atoms with Crippen LogP contribution in [0.1, 0.15) is 46.5 Å². The lowest BCUT2D eigenvalue weighted by molar-refractivity contribution is -0.126. The minimum absolute atomic E-state index is 0. The summed E-state index contributed by atoms with van der Waals surface area (Å²) in [6.07, 6.45) is 4.01. The first-order valence-corrected chi connectivity index (χ1v) is 10.8. The number of nitrogens with zero attached hydrogens (tertiary/aromatic N) is 1. The van der Waals surface area contributed by atoms with E-state index in [-0.39, 0.29) is 41.8 Å². The molecule has 0 spiro atoms. The monoisotopic (exact) mass is 518 g/mol. The van der Waals surface area contributed by atoms with Gasteiger partial charge in [-0.05, 0) is 45.2 Å². The van der Waals surface area contributed by atoms with E-state index in [1.165, 1.54) is 4.90 Å². The summed E-state index contributed by atoms with van der Waals surface area (Å²) < 4.78 is 0. The van der Waals surface area contributed by atoms with Gasteiger partial charge in [-0.15, -0.1) is 35.7 Å². The van der Waals surface area contributed by atoms with Crippen LogP contribution in [-0.2, 0) is 4.79 Å². The van der Waals surface area contributed by atoms with Gasteiger partial charge < -0.3 is 16.0 Å². The Labute approximate surface area is 191 Å². The van der Waals surface area contributed by atoms with Crippen molar-refractivity contribution in [2.75, 3.05) is 13.6 Å². The van der Waals surface area contributed by atoms with Gasteiger partial charge >= 0.3 is 0 Å². The number of amides is 1. The van der Waals surface area contributed by atoms with Crippen molar-refractivity contribution in [1.82, 2.24) is 16.0 Å². The van der Waals surface area contributed by atoms with Crippen LogP contribution >= 0.6 is 35.7 Å². The number of hydrogen-bond acceptors (Lipinski definition) is 3. The van der Waals surface area contributed by atoms with Crippen LogP contribution in [0.5, 0.6) is 0 Å². The minimum atomic E-state index is 0. The number of nitrogens with one attached hydrogen (secondary N) is 3. The smallest absolute Gasteiger partial charge is 0.223 e. The summed E-state index contributed by atoms with van der Waals surface area (Å²) in [5.41, 5.74) is 0. The first-order chi connectivity index (χ1) is 13.0. The number of carbonyl (C=O) groups is 1. The van der Waals surface area contributed by atoms with E-state index >= 15 is 0 Å². The second-order valence-electron chi connectivity index (χ2n) is 7.56. The predicted octanol–water partition coefficient (Wildman–Crippen LogP) is 4.03. The molecule has 1 aromatic rings. The maximum atomic E-state index is 12.3. The van der Waals surface area contributed by atoms with E-state index in [9.17, 15) is 4.79 Å². The molecule has 3 unspecified atom stereocenters. The molecule has 1 aromatic carbocycles. The van der Waals surface area contributed by atoms with Crippen LogP contribution in [0.25, 0.3) is 0 Å². The molecular formula is C21H35IN4OS. The number of benzene rings is 1. The van der Waals surface area contributed by atoms with Crippen LogP contribution in [0.2, 0.25) is 0 Å². The van der Waals surface area contributed by atoms with E-state index < -0.39 is 0 Å². The zero-order chi connectivity index (χ0) is 19.6. The van der Waals surface area contributed by atoms with Gasteiger partial charge in [-0.2, -0.15) is 0 Å². The molecule has 1 aliphatic rings. The van der Waals surface area contributed by atoms with Crippen LogP contribution in [0.3, 0.4) is 0 Å². The van der Waals surface area contributed by atoms with Gasteiger partial charge in [0.2, 0.25) is 5.91 Å². The number of rotatable bonds is 7. The third-order valence-electron chi connectivity index (χ3n) is 4.68. The van der Waals surface area contributed by atoms with Crippen molar-refractivity contribution in [3.8, 4) is 0 Å². The van der Waals surface area contributed by atoms with Gasteiger partial charge in [0, 0.05) is 41.7 Å². The second kappa shape index (κ2) is 13.3. The molecule has 1 amide bonds. The van der Waals surface area contributed by atoms with Crippen LogP contribution < -0.4 is 16.0 Å². The fraction of sp³-hybridized carbons (Fsp3) is 0.619. The fourth-order valence-electron chi connectivity index (χ4n) is 3.36. The quantitative estimate of drug-likeness (QED) is 0.221. The van der Waals surface area contributed by atoms with Gasteiger partial charge in [-0.1, -0.05) is 31.5 Å². The molecule has 0 aliphatic heterocycles. The SMILES string of the molecule is CN=C(NCC(C)Sc1ccccc1)NC1CCCC(C(=O)NC(C)C)C1.I. The topological polar surface area (TPSA) is 65.5 Å². The molecule has 1 aliphatic carbocycles. The maximum absolute atomic E-state index is 12.3. The molecule has 0 heterocycles. The predicted molar refractivity (Wildman–Crippen MR) is 131 cm³/mol. The molecule has 3 atom stereocenters. The lowest BCUT2D eigenvalue weighted by Gasteiger charge is -2.30. The van der Waals surface area contributed by atoms with Gasteiger partial charge in [0.1, 0.15) is 0 Å². The van der Waals surface area contributed by atoms with Crippen molar-refractivity contribution in [3.63, 3.8) is 0 Å². The van der Waals surface area contributed by atoms with Gasteiger partial charge in [0.05, 0.1) is 0 Å². The van der Waals surface area contributed by atoms with Crippen molar-refractivity contribution >= 4 is 47.6 Å². The molecule has 0 bridgehead atoms. The molecule has 7 heteroatoms. The van der Waals surface area contributed by atoms with E-state index in [1.54, 1.807) is 7.05 Å². The standard InChI is InChI=1S/C21H34N4OS.HI/c1-15(2)24-20(26)17-9-8-10-18(13-17)25-21(22-4)23-14-16(3)27-19-11-6-5-7-12-19;/h5-7,11-12,15-18H,8-10,13-14H2,1-4H3,(H,24,26)(H2,22,23,25);1H. The maximum Gasteiger partial charge on any atom is 0.223 e. The summed E-state index contributed by atoms with van der Waals surface area (Å²) in [4.78, 5) is 18.0. The van der Waals surface area contributed by atoms with E-state index in [4.69, 9.17) is 0 Å². The molecular weight excluding hydrogens is 483 g/mol. The van der Waals surface area contributed by atoms with E-state index in [1.807, 2.05) is 31.7 Å². The molecule has 0 radical (unpaired) electrons. The van der Waals surface area contributed by atoms with Gasteiger partial charge in [0.15, 0.2) is 5.96 Å². The van der Waals surface area contributed by atoms with Crippen LogP contribution in [0.15, 0.2) is 40.2 Å². The van der Waals surface area contributed by atoms with Crippen molar-refractivity contribution in [2.24, 2.45) is 10.9 Å². The fourth-order valence-corrected chi connectivity index (χ4v) is 4.31. The van der Waals surface area contributed by atoms with Crippen molar-refractivity contribution in [2.45, 2.75) is 68.7 Å². The summed E-state index contributed by atoms with van der Waals surface area (Å²) in [5, 5.41) is 10.4. The average Bonchev–Trinajstić information content (AvgIpc) is 2.65. The molecule has 1 fully saturated rings. The van der Waals surface area contributed by atoms with E-state index in [0.717, 1.165) is 38.2 Å². The molecule has 5 nitrogen and oxygen atoms in total. The third kappa shape index (κ3) is 9.03. The first-order valence-electron chi connectivity index (χ1n) is 9.97. The Morgan fingerprint density at radius 3 is 2.57 bits per heavy atom. The molecule has 0 saturated heterocycles. The normalized spacial score (nSPS) is 20.8. The Morgan fingerprint density at radius 1 is 1.21 bits per heavy atom. The van der Waals surface area contributed by atoms with Crippen molar-refractivity contribution in [3.05, 3.63) is 30.3 Å². The van der Waals surface area contributed by atoms with E-state index in [2.05, 4.69) is 52.1 Å². The number of carbonyl (C=O) groups excluding carboxylic acids is 1. The van der Waals surface area contributed by atoms with Crippen LogP contribution in [-0.4, -0.2) is 42.8 Å². The number of hydrogen-bond donors (Lipinski definition) is 3. The average molecular weight is 519 g/mol. The zero-order valence-electron chi connectivity index (χ0n) is 17.4. The molecule has 28 heavy (non-hydrogen) atoms. The molecule has 3 N–H and O–H groups in total. The van der Waals surface area contributed by atoms with Gasteiger partial charge in [-0.3, -0.25) is 9.79 Å². The highest BCUT2D eigenvalue weighted by molar-refractivity contribution is 14.0. The highest BCUT2D eigenvalue weighted by Crippen LogP contribution is 2.25. The molecule has 1 saturated carbocycles. The Bertz CT molecular complexity index is 612. The van der Waals surface area contributed by atoms with Crippen molar-refractivity contribution in [1.29, 1.82) is 0 Å². The molecule has 0 aromatic heterocycles. The number of aliphatic imine (C=N–C) groups is 1. The van der Waals surface area contributed by atoms with Crippen molar-refractivity contribution < 1.29 is 4.79 Å². The summed E-state index contributed by atoms with van der Waals surface area (Å²) >= 11 is 1.85. The van der Waals surface area contributed by atoms with Gasteiger partial charge in [0.25, 0.3) is 0 Å². The number of guanidine groups is 1. The minimum Gasteiger partial charge on any atom is -0.355 e. The van der Waals surface area contributed by atoms with Crippen LogP contribution in [0, 0.1) is 5.92 Å². The summed E-state index contributed by atoms with van der Waals surface area (Å²) in [6.45, 7) is 7.07. The van der Waals surface area contributed by atoms with Gasteiger partial charge in [-0.25, -0.2) is 0 Å². The lowest BCUT2D eigenvalue weighted by atomic mass is 9.85. The Morgan fingerprint density at radius 2 is 1.93 bits per heavy atom. The van der Waals surface area contributed by atoms with Crippen LogP contribution in [0.4, 0.5) is 0 Å². The second-order valence-corrected chi connectivity index (χ2v) is 9.07. The molecule has 158 valence electrons. The summed E-state index contributed by atoms with van der Waals surface area (Å²) in [7, 11) is 1.80. The van der Waals surface area contributed by atoms with E-state index in [0.29, 0.717) is 11.3 Å².